The van der Waals surface area contributed by atoms with Crippen LogP contribution in [0.15, 0.2) is 41.3 Å². The summed E-state index contributed by atoms with van der Waals surface area (Å²) in [5.74, 6) is 2.23. The molecule has 0 fully saturated rings. The van der Waals surface area contributed by atoms with Crippen LogP contribution in [0.25, 0.3) is 0 Å². The maximum atomic E-state index is 12.7. The number of rotatable bonds is 13. The minimum atomic E-state index is -3.69. The van der Waals surface area contributed by atoms with Gasteiger partial charge in [-0.2, -0.15) is 0 Å². The number of sulfonamides is 1. The Hall–Kier alpha value is -2.45. The minimum Gasteiger partial charge on any atom is -0.493 e. The molecule has 0 heterocycles. The van der Waals surface area contributed by atoms with E-state index in [1.165, 1.54) is 12.1 Å². The van der Waals surface area contributed by atoms with E-state index in [1.807, 2.05) is 26.0 Å². The first-order valence-corrected chi connectivity index (χ1v) is 11.5. The van der Waals surface area contributed by atoms with Gasteiger partial charge in [-0.1, -0.05) is 19.9 Å². The van der Waals surface area contributed by atoms with Crippen LogP contribution in [0.2, 0.25) is 0 Å². The van der Waals surface area contributed by atoms with Crippen molar-refractivity contribution in [1.29, 1.82) is 0 Å². The second-order valence-corrected chi connectivity index (χ2v) is 8.41. The highest BCUT2D eigenvalue weighted by molar-refractivity contribution is 7.89. The fourth-order valence-electron chi connectivity index (χ4n) is 2.76. The third kappa shape index (κ3) is 6.53. The average molecular weight is 438 g/mol. The first kappa shape index (κ1) is 23.8. The van der Waals surface area contributed by atoms with E-state index in [4.69, 9.17) is 18.9 Å². The van der Waals surface area contributed by atoms with Gasteiger partial charge in [-0.15, -0.1) is 0 Å². The van der Waals surface area contributed by atoms with Crippen LogP contribution in [0.5, 0.6) is 23.0 Å². The highest BCUT2D eigenvalue weighted by atomic mass is 32.2. The molecule has 30 heavy (non-hydrogen) atoms. The molecule has 7 nitrogen and oxygen atoms in total. The summed E-state index contributed by atoms with van der Waals surface area (Å²) >= 11 is 0. The van der Waals surface area contributed by atoms with E-state index in [2.05, 4.69) is 4.72 Å². The molecule has 166 valence electrons. The van der Waals surface area contributed by atoms with Gasteiger partial charge in [0.2, 0.25) is 10.0 Å². The summed E-state index contributed by atoms with van der Waals surface area (Å²) < 4.78 is 50.0. The molecule has 0 unspecified atom stereocenters. The first-order valence-electron chi connectivity index (χ1n) is 10.0. The molecule has 0 saturated heterocycles. The fourth-order valence-corrected chi connectivity index (χ4v) is 3.81. The van der Waals surface area contributed by atoms with Crippen LogP contribution in [0.3, 0.4) is 0 Å². The summed E-state index contributed by atoms with van der Waals surface area (Å²) in [6, 6.07) is 10.2. The average Bonchev–Trinajstić information content (AvgIpc) is 2.76. The van der Waals surface area contributed by atoms with E-state index < -0.39 is 10.0 Å². The summed E-state index contributed by atoms with van der Waals surface area (Å²) in [6.45, 7) is 5.27. The topological polar surface area (TPSA) is 83.1 Å². The quantitative estimate of drug-likeness (QED) is 0.513. The Kier molecular flexibility index (Phi) is 9.26. The third-order valence-corrected chi connectivity index (χ3v) is 5.76. The van der Waals surface area contributed by atoms with Gasteiger partial charge in [0.1, 0.15) is 0 Å². The van der Waals surface area contributed by atoms with Crippen LogP contribution in [-0.2, 0) is 16.4 Å². The molecule has 2 aromatic carbocycles. The smallest absolute Gasteiger partial charge is 0.240 e. The Labute approximate surface area is 179 Å². The largest absolute Gasteiger partial charge is 0.493 e. The van der Waals surface area contributed by atoms with Crippen molar-refractivity contribution in [2.45, 2.75) is 38.0 Å². The molecule has 0 saturated carbocycles. The Balaban J connectivity index is 2.09. The molecule has 0 radical (unpaired) electrons. The second-order valence-electron chi connectivity index (χ2n) is 6.64. The maximum absolute atomic E-state index is 12.7. The lowest BCUT2D eigenvalue weighted by Gasteiger charge is -2.14. The van der Waals surface area contributed by atoms with Gasteiger partial charge in [-0.3, -0.25) is 0 Å². The molecule has 1 N–H and O–H groups in total. The Morgan fingerprint density at radius 3 is 2.07 bits per heavy atom. The lowest BCUT2D eigenvalue weighted by atomic mass is 10.1. The van der Waals surface area contributed by atoms with Gasteiger partial charge >= 0.3 is 0 Å². The number of hydrogen-bond donors (Lipinski definition) is 1. The van der Waals surface area contributed by atoms with E-state index in [9.17, 15) is 8.42 Å². The molecule has 0 aliphatic carbocycles. The molecule has 0 aliphatic rings. The van der Waals surface area contributed by atoms with Crippen molar-refractivity contribution in [2.24, 2.45) is 0 Å². The molecule has 0 amide bonds. The number of benzene rings is 2. The minimum absolute atomic E-state index is 0.143. The predicted molar refractivity (Wildman–Crippen MR) is 116 cm³/mol. The Morgan fingerprint density at radius 2 is 1.43 bits per heavy atom. The van der Waals surface area contributed by atoms with Crippen molar-refractivity contribution < 1.29 is 27.4 Å². The number of nitrogens with one attached hydrogen (secondary N) is 1. The van der Waals surface area contributed by atoms with Gasteiger partial charge in [0, 0.05) is 12.6 Å². The standard InChI is InChI=1S/C22H31NO6S/c1-5-13-28-20-10-8-18(16-22(20)29-14-6-2)30(24,25)23-12-11-17-7-9-19(26-3)21(15-17)27-4/h7-10,15-16,23H,5-6,11-14H2,1-4H3. The molecular formula is C22H31NO6S. The zero-order valence-electron chi connectivity index (χ0n) is 18.1. The summed E-state index contributed by atoms with van der Waals surface area (Å²) in [7, 11) is -0.547. The van der Waals surface area contributed by atoms with E-state index in [0.29, 0.717) is 42.6 Å². The van der Waals surface area contributed by atoms with Gasteiger partial charge < -0.3 is 18.9 Å². The zero-order chi connectivity index (χ0) is 22.0. The van der Waals surface area contributed by atoms with Crippen LogP contribution in [0.1, 0.15) is 32.3 Å². The molecule has 0 aromatic heterocycles. The van der Waals surface area contributed by atoms with Crippen molar-refractivity contribution in [3.63, 3.8) is 0 Å². The Bertz CT molecular complexity index is 914. The Morgan fingerprint density at radius 1 is 0.800 bits per heavy atom. The van der Waals surface area contributed by atoms with E-state index in [-0.39, 0.29) is 11.4 Å². The van der Waals surface area contributed by atoms with Gasteiger partial charge in [-0.25, -0.2) is 13.1 Å². The van der Waals surface area contributed by atoms with Gasteiger partial charge in [0.25, 0.3) is 0 Å². The zero-order valence-corrected chi connectivity index (χ0v) is 18.9. The molecule has 0 atom stereocenters. The van der Waals surface area contributed by atoms with Gasteiger partial charge in [-0.05, 0) is 49.1 Å². The lowest BCUT2D eigenvalue weighted by Crippen LogP contribution is -2.26. The van der Waals surface area contributed by atoms with E-state index >= 15 is 0 Å². The first-order chi connectivity index (χ1) is 14.4. The molecular weight excluding hydrogens is 406 g/mol. The fraction of sp³-hybridized carbons (Fsp3) is 0.455. The highest BCUT2D eigenvalue weighted by Crippen LogP contribution is 2.31. The van der Waals surface area contributed by atoms with Crippen molar-refractivity contribution in [2.75, 3.05) is 34.0 Å². The number of methoxy groups -OCH3 is 2. The maximum Gasteiger partial charge on any atom is 0.240 e. The lowest BCUT2D eigenvalue weighted by molar-refractivity contribution is 0.267. The van der Waals surface area contributed by atoms with Crippen molar-refractivity contribution >= 4 is 10.0 Å². The molecule has 2 aromatic rings. The third-order valence-electron chi connectivity index (χ3n) is 4.30. The van der Waals surface area contributed by atoms with E-state index in [1.54, 1.807) is 26.4 Å². The summed E-state index contributed by atoms with van der Waals surface area (Å²) in [5, 5.41) is 0. The van der Waals surface area contributed by atoms with Crippen LogP contribution in [-0.4, -0.2) is 42.4 Å². The van der Waals surface area contributed by atoms with Gasteiger partial charge in [0.05, 0.1) is 32.3 Å². The van der Waals surface area contributed by atoms with E-state index in [0.717, 1.165) is 18.4 Å². The predicted octanol–water partition coefficient (Wildman–Crippen LogP) is 3.80. The van der Waals surface area contributed by atoms with Crippen molar-refractivity contribution in [3.8, 4) is 23.0 Å². The summed E-state index contributed by atoms with van der Waals surface area (Å²) in [6.07, 6.45) is 2.18. The van der Waals surface area contributed by atoms with Crippen LogP contribution in [0, 0.1) is 0 Å². The van der Waals surface area contributed by atoms with Crippen molar-refractivity contribution in [3.05, 3.63) is 42.0 Å². The number of ether oxygens (including phenoxy) is 4. The molecule has 0 bridgehead atoms. The van der Waals surface area contributed by atoms with Crippen LogP contribution < -0.4 is 23.7 Å². The monoisotopic (exact) mass is 437 g/mol. The summed E-state index contributed by atoms with van der Waals surface area (Å²) in [5.41, 5.74) is 0.936. The summed E-state index contributed by atoms with van der Waals surface area (Å²) in [4.78, 5) is 0.143. The van der Waals surface area contributed by atoms with Crippen LogP contribution >= 0.6 is 0 Å². The van der Waals surface area contributed by atoms with Crippen molar-refractivity contribution in [1.82, 2.24) is 4.72 Å². The normalized spacial score (nSPS) is 11.2. The molecule has 2 rings (SSSR count). The highest BCUT2D eigenvalue weighted by Gasteiger charge is 2.17. The molecule has 0 spiro atoms. The van der Waals surface area contributed by atoms with Crippen LogP contribution in [0.4, 0.5) is 0 Å². The molecule has 8 heteroatoms. The SMILES string of the molecule is CCCOc1ccc(S(=O)(=O)NCCc2ccc(OC)c(OC)c2)cc1OCCC. The second kappa shape index (κ2) is 11.7. The van der Waals surface area contributed by atoms with Gasteiger partial charge in [0.15, 0.2) is 23.0 Å². The molecule has 0 aliphatic heterocycles. The number of hydrogen-bond acceptors (Lipinski definition) is 6.